The number of aromatic amines is 1. The number of aliphatic carboxylic acids is 1. The number of nitrogens with one attached hydrogen (secondary N) is 4. The first-order valence-electron chi connectivity index (χ1n) is 13.7. The quantitative estimate of drug-likeness (QED) is 0.104. The molecule has 1 unspecified atom stereocenters. The summed E-state index contributed by atoms with van der Waals surface area (Å²) >= 11 is 6.57. The number of carbonyl (C=O) groups excluding carboxylic acids is 2. The Morgan fingerprint density at radius 1 is 0.978 bits per heavy atom. The Morgan fingerprint density at radius 3 is 2.40 bits per heavy atom. The van der Waals surface area contributed by atoms with Gasteiger partial charge >= 0.3 is 5.97 Å². The highest BCUT2D eigenvalue weighted by Gasteiger charge is 2.41. The molecule has 0 aliphatic heterocycles. The van der Waals surface area contributed by atoms with Crippen LogP contribution in [0.2, 0.25) is 5.02 Å². The SMILES string of the molecule is CCCC(NC(=O)c1ccc(NCc2ccc3nc(N)nc(N)c3c2Cl)cc1)(NC(=O)c1ccccc1-c1nn[nH]n1)C(=O)O. The molecule has 45 heavy (non-hydrogen) atoms. The van der Waals surface area contributed by atoms with Gasteiger partial charge in [0.05, 0.1) is 21.5 Å². The molecule has 0 aliphatic carbocycles. The number of hydrogen-bond acceptors (Lipinski definition) is 11. The minimum absolute atomic E-state index is 0.0505. The van der Waals surface area contributed by atoms with Gasteiger partial charge in [0.25, 0.3) is 11.8 Å². The fourth-order valence-corrected chi connectivity index (χ4v) is 5.09. The maximum atomic E-state index is 13.4. The molecule has 9 N–H and O–H groups in total. The minimum atomic E-state index is -2.10. The molecule has 2 heterocycles. The Kier molecular flexibility index (Phi) is 8.71. The van der Waals surface area contributed by atoms with Gasteiger partial charge in [-0.2, -0.15) is 10.2 Å². The van der Waals surface area contributed by atoms with Crippen LogP contribution < -0.4 is 27.4 Å². The molecule has 0 fully saturated rings. The number of halogens is 1. The van der Waals surface area contributed by atoms with Gasteiger partial charge in [-0.15, -0.1) is 10.2 Å². The van der Waals surface area contributed by atoms with Crippen molar-refractivity contribution < 1.29 is 19.5 Å². The minimum Gasteiger partial charge on any atom is -0.478 e. The van der Waals surface area contributed by atoms with E-state index in [0.29, 0.717) is 40.1 Å². The topological polar surface area (TPSA) is 240 Å². The van der Waals surface area contributed by atoms with E-state index in [9.17, 15) is 19.5 Å². The molecule has 0 spiro atoms. The molecule has 0 aliphatic rings. The first-order chi connectivity index (χ1) is 21.6. The van der Waals surface area contributed by atoms with Gasteiger partial charge in [-0.3, -0.25) is 9.59 Å². The van der Waals surface area contributed by atoms with Crippen molar-refractivity contribution in [1.29, 1.82) is 0 Å². The predicted molar refractivity (Wildman–Crippen MR) is 167 cm³/mol. The number of fused-ring (bicyclic) bond motifs is 1. The molecule has 5 aromatic rings. The number of amides is 2. The van der Waals surface area contributed by atoms with Crippen LogP contribution in [0.1, 0.15) is 46.0 Å². The van der Waals surface area contributed by atoms with Gasteiger partial charge < -0.3 is 32.5 Å². The lowest BCUT2D eigenvalue weighted by molar-refractivity contribution is -0.146. The van der Waals surface area contributed by atoms with Crippen molar-refractivity contribution in [1.82, 2.24) is 41.2 Å². The molecule has 0 saturated carbocycles. The molecule has 2 aromatic heterocycles. The zero-order chi connectivity index (χ0) is 32.1. The molecule has 5 rings (SSSR count). The van der Waals surface area contributed by atoms with Crippen molar-refractivity contribution in [3.05, 3.63) is 82.4 Å². The first-order valence-corrected chi connectivity index (χ1v) is 14.0. The summed E-state index contributed by atoms with van der Waals surface area (Å²) in [5, 5.41) is 33.0. The third-order valence-electron chi connectivity index (χ3n) is 6.96. The van der Waals surface area contributed by atoms with Gasteiger partial charge in [-0.05, 0) is 47.2 Å². The largest absolute Gasteiger partial charge is 0.478 e. The number of carboxylic acids is 1. The molecule has 3 aromatic carbocycles. The molecule has 0 saturated heterocycles. The van der Waals surface area contributed by atoms with Gasteiger partial charge in [-0.1, -0.05) is 49.2 Å². The number of rotatable bonds is 11. The summed E-state index contributed by atoms with van der Waals surface area (Å²) in [5.74, 6) is -2.49. The number of aromatic nitrogens is 6. The summed E-state index contributed by atoms with van der Waals surface area (Å²) in [6.45, 7) is 2.06. The van der Waals surface area contributed by atoms with Gasteiger partial charge in [0.15, 0.2) is 0 Å². The highest BCUT2D eigenvalue weighted by atomic mass is 35.5. The van der Waals surface area contributed by atoms with Crippen molar-refractivity contribution in [3.63, 3.8) is 0 Å². The van der Waals surface area contributed by atoms with E-state index >= 15 is 0 Å². The third kappa shape index (κ3) is 6.42. The number of hydrogen-bond donors (Lipinski definition) is 7. The summed E-state index contributed by atoms with van der Waals surface area (Å²) in [5.41, 5.74) is 12.1. The molecular weight excluding hydrogens is 602 g/mol. The highest BCUT2D eigenvalue weighted by Crippen LogP contribution is 2.31. The van der Waals surface area contributed by atoms with Gasteiger partial charge in [0.2, 0.25) is 17.4 Å². The van der Waals surface area contributed by atoms with Crippen molar-refractivity contribution in [3.8, 4) is 11.4 Å². The van der Waals surface area contributed by atoms with Crippen LogP contribution in [0.3, 0.4) is 0 Å². The summed E-state index contributed by atoms with van der Waals surface area (Å²) in [6, 6.07) is 16.3. The third-order valence-corrected chi connectivity index (χ3v) is 7.39. The summed E-state index contributed by atoms with van der Waals surface area (Å²) < 4.78 is 0. The number of H-pyrrole nitrogens is 1. The van der Waals surface area contributed by atoms with E-state index in [1.54, 1.807) is 49.4 Å². The normalized spacial score (nSPS) is 12.3. The number of carbonyl (C=O) groups is 3. The highest BCUT2D eigenvalue weighted by molar-refractivity contribution is 6.37. The fraction of sp³-hybridized carbons (Fsp3) is 0.172. The van der Waals surface area contributed by atoms with E-state index in [2.05, 4.69) is 46.5 Å². The summed E-state index contributed by atoms with van der Waals surface area (Å²) in [7, 11) is 0. The van der Waals surface area contributed by atoms with Crippen LogP contribution in [0.25, 0.3) is 22.3 Å². The first kappa shape index (κ1) is 30.6. The second-order valence-electron chi connectivity index (χ2n) is 9.98. The number of anilines is 3. The lowest BCUT2D eigenvalue weighted by Gasteiger charge is -2.31. The Morgan fingerprint density at radius 2 is 1.71 bits per heavy atom. The number of tetrazole rings is 1. The van der Waals surface area contributed by atoms with E-state index in [1.165, 1.54) is 18.2 Å². The molecule has 15 nitrogen and oxygen atoms in total. The van der Waals surface area contributed by atoms with Crippen LogP contribution in [0.15, 0.2) is 60.7 Å². The smallest absolute Gasteiger partial charge is 0.350 e. The molecule has 0 radical (unpaired) electrons. The monoisotopic (exact) mass is 629 g/mol. The van der Waals surface area contributed by atoms with Crippen LogP contribution in [-0.2, 0) is 11.3 Å². The predicted octanol–water partition coefficient (Wildman–Crippen LogP) is 2.98. The van der Waals surface area contributed by atoms with Crippen LogP contribution in [0, 0.1) is 0 Å². The van der Waals surface area contributed by atoms with Crippen LogP contribution in [0.5, 0.6) is 0 Å². The lowest BCUT2D eigenvalue weighted by Crippen LogP contribution is -2.65. The van der Waals surface area contributed by atoms with E-state index in [-0.39, 0.29) is 35.1 Å². The van der Waals surface area contributed by atoms with Crippen molar-refractivity contribution in [2.24, 2.45) is 0 Å². The van der Waals surface area contributed by atoms with Gasteiger partial charge in [-0.25, -0.2) is 9.78 Å². The van der Waals surface area contributed by atoms with Crippen molar-refractivity contribution in [2.75, 3.05) is 16.8 Å². The zero-order valence-corrected chi connectivity index (χ0v) is 24.6. The standard InChI is InChI=1S/C29H28ClN11O4/c1-2-13-29(27(44)45,37-26(43)19-6-4-3-5-18(19)24-38-40-41-39-24)36-25(42)15-7-10-17(11-8-15)33-14-16-9-12-20-21(22(16)30)23(31)35-28(32)34-20/h3-12,33H,2,13-14H2,1H3,(H,36,42)(H,37,43)(H,44,45)(H4,31,32,34,35)(H,38,39,40,41). The van der Waals surface area contributed by atoms with Gasteiger partial charge in [0.1, 0.15) is 5.82 Å². The summed E-state index contributed by atoms with van der Waals surface area (Å²) in [4.78, 5) is 47.4. The molecule has 2 amide bonds. The van der Waals surface area contributed by atoms with Crippen LogP contribution >= 0.6 is 11.6 Å². The zero-order valence-electron chi connectivity index (χ0n) is 23.8. The second kappa shape index (κ2) is 12.8. The summed E-state index contributed by atoms with van der Waals surface area (Å²) in [6.07, 6.45) is 0.253. The lowest BCUT2D eigenvalue weighted by atomic mass is 10.0. The molecule has 230 valence electrons. The van der Waals surface area contributed by atoms with Gasteiger partial charge in [0, 0.05) is 29.8 Å². The van der Waals surface area contributed by atoms with E-state index < -0.39 is 23.4 Å². The molecule has 16 heteroatoms. The molecule has 1 atom stereocenters. The van der Waals surface area contributed by atoms with Crippen molar-refractivity contribution >= 4 is 57.7 Å². The van der Waals surface area contributed by atoms with Crippen molar-refractivity contribution in [2.45, 2.75) is 32.0 Å². The Bertz CT molecular complexity index is 1880. The average Bonchev–Trinajstić information content (AvgIpc) is 3.56. The fourth-order valence-electron chi connectivity index (χ4n) is 4.77. The maximum absolute atomic E-state index is 13.4. The maximum Gasteiger partial charge on any atom is 0.350 e. The number of benzene rings is 3. The number of carboxylic acid groups (broad SMARTS) is 1. The van der Waals surface area contributed by atoms with Crippen LogP contribution in [-0.4, -0.2) is 59.1 Å². The van der Waals surface area contributed by atoms with E-state index in [0.717, 1.165) is 5.56 Å². The Hall–Kier alpha value is -5.83. The van der Waals surface area contributed by atoms with E-state index in [1.807, 2.05) is 0 Å². The average molecular weight is 630 g/mol. The number of nitrogens with two attached hydrogens (primary N) is 2. The number of nitrogens with zero attached hydrogens (tertiary/aromatic N) is 5. The molecule has 0 bridgehead atoms. The Labute approximate surface area is 260 Å². The Balaban J connectivity index is 1.31. The number of nitrogen functional groups attached to an aromatic ring is 2. The molecular formula is C29H28ClN11O4. The van der Waals surface area contributed by atoms with Crippen LogP contribution in [0.4, 0.5) is 17.5 Å². The van der Waals surface area contributed by atoms with E-state index in [4.69, 9.17) is 23.1 Å². The second-order valence-corrected chi connectivity index (χ2v) is 10.4.